The van der Waals surface area contributed by atoms with Crippen molar-refractivity contribution in [3.63, 3.8) is 0 Å². The average Bonchev–Trinajstić information content (AvgIpc) is 2.44. The van der Waals surface area contributed by atoms with Crippen LogP contribution in [0.3, 0.4) is 0 Å². The molecule has 0 aliphatic heterocycles. The van der Waals surface area contributed by atoms with Crippen molar-refractivity contribution in [1.29, 1.82) is 0 Å². The fourth-order valence-electron chi connectivity index (χ4n) is 1.56. The number of nitrogens with one attached hydrogen (secondary N) is 1. The second kappa shape index (κ2) is 8.62. The first-order valence-electron chi connectivity index (χ1n) is 6.33. The Morgan fingerprint density at radius 2 is 2.30 bits per heavy atom. The van der Waals surface area contributed by atoms with Gasteiger partial charge in [0.05, 0.1) is 6.61 Å². The van der Waals surface area contributed by atoms with Crippen molar-refractivity contribution in [1.82, 2.24) is 5.32 Å². The number of ether oxygens (including phenoxy) is 2. The summed E-state index contributed by atoms with van der Waals surface area (Å²) in [5.41, 5.74) is 0.922. The van der Waals surface area contributed by atoms with Crippen LogP contribution in [0.15, 0.2) is 22.7 Å². The van der Waals surface area contributed by atoms with Gasteiger partial charge in [0.25, 0.3) is 0 Å². The molecule has 20 heavy (non-hydrogen) atoms. The summed E-state index contributed by atoms with van der Waals surface area (Å²) in [5.74, 6) is 2.86. The number of hydrogen-bond donors (Lipinski definition) is 1. The zero-order chi connectivity index (χ0) is 15.0. The molecule has 5 heteroatoms. The molecule has 1 rings (SSSR count). The van der Waals surface area contributed by atoms with Crippen LogP contribution in [0.5, 0.6) is 5.75 Å². The predicted octanol–water partition coefficient (Wildman–Crippen LogP) is 2.50. The largest absolute Gasteiger partial charge is 0.481 e. The highest BCUT2D eigenvalue weighted by Crippen LogP contribution is 2.23. The van der Waals surface area contributed by atoms with Crippen molar-refractivity contribution in [2.24, 2.45) is 0 Å². The van der Waals surface area contributed by atoms with Gasteiger partial charge in [-0.3, -0.25) is 4.79 Å². The monoisotopic (exact) mass is 339 g/mol. The van der Waals surface area contributed by atoms with E-state index in [1.54, 1.807) is 13.8 Å². The Kier molecular flexibility index (Phi) is 7.13. The molecule has 0 amide bonds. The molecule has 1 atom stereocenters. The number of carbonyl (C=O) groups is 1. The molecule has 0 saturated heterocycles. The van der Waals surface area contributed by atoms with Crippen LogP contribution in [0.4, 0.5) is 0 Å². The van der Waals surface area contributed by atoms with E-state index in [1.165, 1.54) is 0 Å². The Labute approximate surface area is 128 Å². The Morgan fingerprint density at radius 1 is 1.55 bits per heavy atom. The van der Waals surface area contributed by atoms with Gasteiger partial charge < -0.3 is 14.8 Å². The van der Waals surface area contributed by atoms with Gasteiger partial charge in [-0.2, -0.15) is 0 Å². The van der Waals surface area contributed by atoms with Crippen molar-refractivity contribution in [3.8, 4) is 18.1 Å². The molecule has 0 aliphatic carbocycles. The lowest BCUT2D eigenvalue weighted by Gasteiger charge is -2.15. The van der Waals surface area contributed by atoms with Crippen LogP contribution >= 0.6 is 15.9 Å². The summed E-state index contributed by atoms with van der Waals surface area (Å²) in [6.07, 6.45) is 5.19. The third kappa shape index (κ3) is 5.24. The number of esters is 1. The van der Waals surface area contributed by atoms with Crippen LogP contribution in [-0.4, -0.2) is 25.2 Å². The summed E-state index contributed by atoms with van der Waals surface area (Å²) < 4.78 is 11.3. The lowest BCUT2D eigenvalue weighted by Crippen LogP contribution is -2.35. The molecule has 1 N–H and O–H groups in total. The van der Waals surface area contributed by atoms with Gasteiger partial charge in [0, 0.05) is 16.6 Å². The molecular weight excluding hydrogens is 322 g/mol. The Hall–Kier alpha value is -1.51. The van der Waals surface area contributed by atoms with Crippen molar-refractivity contribution in [2.45, 2.75) is 26.4 Å². The van der Waals surface area contributed by atoms with Crippen LogP contribution in [0, 0.1) is 12.3 Å². The van der Waals surface area contributed by atoms with Gasteiger partial charge in [-0.05, 0) is 32.0 Å². The van der Waals surface area contributed by atoms with Crippen LogP contribution in [0.1, 0.15) is 19.4 Å². The Balaban J connectivity index is 2.68. The summed E-state index contributed by atoms with van der Waals surface area (Å²) in [6.45, 7) is 4.61. The minimum atomic E-state index is -0.380. The molecule has 4 nitrogen and oxygen atoms in total. The summed E-state index contributed by atoms with van der Waals surface area (Å²) in [5, 5.41) is 3.10. The molecule has 108 valence electrons. The predicted molar refractivity (Wildman–Crippen MR) is 81.4 cm³/mol. The summed E-state index contributed by atoms with van der Waals surface area (Å²) in [7, 11) is 0. The molecule has 0 aromatic heterocycles. The topological polar surface area (TPSA) is 47.6 Å². The Morgan fingerprint density at radius 3 is 2.95 bits per heavy atom. The summed E-state index contributed by atoms with van der Waals surface area (Å²) in [6, 6.07) is 5.27. The third-order valence-electron chi connectivity index (χ3n) is 2.57. The van der Waals surface area contributed by atoms with Gasteiger partial charge in [-0.15, -0.1) is 6.42 Å². The SMILES string of the molecule is C#CCOc1ccc(Br)cc1CNC(C)C(=O)OCC. The molecule has 1 aromatic carbocycles. The molecule has 0 aliphatic rings. The number of carbonyl (C=O) groups excluding carboxylic acids is 1. The number of terminal acetylenes is 1. The minimum absolute atomic E-state index is 0.210. The lowest BCUT2D eigenvalue weighted by atomic mass is 10.2. The fraction of sp³-hybridized carbons (Fsp3) is 0.400. The number of benzene rings is 1. The zero-order valence-corrected chi connectivity index (χ0v) is 13.2. The van der Waals surface area contributed by atoms with E-state index in [0.29, 0.717) is 18.9 Å². The number of halogens is 1. The summed E-state index contributed by atoms with van der Waals surface area (Å²) in [4.78, 5) is 11.5. The first-order valence-corrected chi connectivity index (χ1v) is 7.12. The quantitative estimate of drug-likeness (QED) is 0.612. The van der Waals surface area contributed by atoms with Crippen molar-refractivity contribution in [3.05, 3.63) is 28.2 Å². The first-order chi connectivity index (χ1) is 9.58. The maximum Gasteiger partial charge on any atom is 0.322 e. The van der Waals surface area contributed by atoms with Gasteiger partial charge in [0.15, 0.2) is 0 Å². The van der Waals surface area contributed by atoms with Gasteiger partial charge in [0.2, 0.25) is 0 Å². The van der Waals surface area contributed by atoms with E-state index < -0.39 is 0 Å². The normalized spacial score (nSPS) is 11.5. The van der Waals surface area contributed by atoms with E-state index in [9.17, 15) is 4.79 Å². The standard InChI is InChI=1S/C15H18BrNO3/c1-4-8-20-14-7-6-13(16)9-12(14)10-17-11(3)15(18)19-5-2/h1,6-7,9,11,17H,5,8,10H2,2-3H3. The second-order valence-electron chi connectivity index (χ2n) is 4.10. The molecule has 0 saturated carbocycles. The van der Waals surface area contributed by atoms with Gasteiger partial charge in [-0.25, -0.2) is 0 Å². The van der Waals surface area contributed by atoms with Crippen LogP contribution in [-0.2, 0) is 16.1 Å². The van der Waals surface area contributed by atoms with E-state index in [-0.39, 0.29) is 18.6 Å². The molecule has 0 radical (unpaired) electrons. The maximum atomic E-state index is 11.5. The van der Waals surface area contributed by atoms with E-state index in [1.807, 2.05) is 18.2 Å². The highest BCUT2D eigenvalue weighted by molar-refractivity contribution is 9.10. The second-order valence-corrected chi connectivity index (χ2v) is 5.02. The van der Waals surface area contributed by atoms with Crippen molar-refractivity contribution >= 4 is 21.9 Å². The molecule has 0 bridgehead atoms. The molecule has 1 unspecified atom stereocenters. The average molecular weight is 340 g/mol. The molecule has 0 fully saturated rings. The smallest absolute Gasteiger partial charge is 0.322 e. The van der Waals surface area contributed by atoms with E-state index in [4.69, 9.17) is 15.9 Å². The van der Waals surface area contributed by atoms with E-state index in [0.717, 1.165) is 10.0 Å². The fourth-order valence-corrected chi connectivity index (χ4v) is 1.97. The maximum absolute atomic E-state index is 11.5. The number of hydrogen-bond acceptors (Lipinski definition) is 4. The van der Waals surface area contributed by atoms with Crippen LogP contribution in [0.25, 0.3) is 0 Å². The minimum Gasteiger partial charge on any atom is -0.481 e. The van der Waals surface area contributed by atoms with Crippen molar-refractivity contribution < 1.29 is 14.3 Å². The first kappa shape index (κ1) is 16.5. The van der Waals surface area contributed by atoms with Gasteiger partial charge in [-0.1, -0.05) is 21.9 Å². The summed E-state index contributed by atoms with van der Waals surface area (Å²) >= 11 is 3.41. The van der Waals surface area contributed by atoms with Crippen LogP contribution in [0.2, 0.25) is 0 Å². The van der Waals surface area contributed by atoms with E-state index >= 15 is 0 Å². The van der Waals surface area contributed by atoms with Crippen molar-refractivity contribution in [2.75, 3.05) is 13.2 Å². The highest BCUT2D eigenvalue weighted by Gasteiger charge is 2.14. The van der Waals surface area contributed by atoms with Gasteiger partial charge in [0.1, 0.15) is 18.4 Å². The van der Waals surface area contributed by atoms with Gasteiger partial charge >= 0.3 is 5.97 Å². The molecular formula is C15H18BrNO3. The molecule has 1 aromatic rings. The number of rotatable bonds is 7. The Bertz CT molecular complexity index is 496. The molecule has 0 spiro atoms. The van der Waals surface area contributed by atoms with Crippen LogP contribution < -0.4 is 10.1 Å². The zero-order valence-electron chi connectivity index (χ0n) is 11.6. The lowest BCUT2D eigenvalue weighted by molar-refractivity contribution is -0.145. The molecule has 0 heterocycles. The highest BCUT2D eigenvalue weighted by atomic mass is 79.9. The van der Waals surface area contributed by atoms with E-state index in [2.05, 4.69) is 27.2 Å². The third-order valence-corrected chi connectivity index (χ3v) is 3.07.